The van der Waals surface area contributed by atoms with Crippen molar-refractivity contribution in [2.75, 3.05) is 0 Å². The van der Waals surface area contributed by atoms with E-state index in [0.29, 0.717) is 12.0 Å². The molecule has 0 bridgehead atoms. The summed E-state index contributed by atoms with van der Waals surface area (Å²) in [7, 11) is 0. The molecule has 0 spiro atoms. The molecule has 2 N–H and O–H groups in total. The SMILES string of the molecule is CCC[C@@](NC(=O)OC(C)(C)C)(C(=O)O)c1ccccc1. The van der Waals surface area contributed by atoms with Gasteiger partial charge in [0.1, 0.15) is 5.60 Å². The lowest BCUT2D eigenvalue weighted by atomic mass is 9.85. The minimum atomic E-state index is -1.47. The van der Waals surface area contributed by atoms with Gasteiger partial charge in [0.25, 0.3) is 0 Å². The van der Waals surface area contributed by atoms with Gasteiger partial charge in [0.2, 0.25) is 0 Å². The fourth-order valence-corrected chi connectivity index (χ4v) is 2.14. The van der Waals surface area contributed by atoms with E-state index in [-0.39, 0.29) is 6.42 Å². The number of hydrogen-bond acceptors (Lipinski definition) is 3. The Hall–Kier alpha value is -2.04. The number of hydrogen-bond donors (Lipinski definition) is 2. The van der Waals surface area contributed by atoms with Crippen LogP contribution in [0.2, 0.25) is 0 Å². The number of nitrogens with one attached hydrogen (secondary N) is 1. The molecule has 0 aliphatic rings. The van der Waals surface area contributed by atoms with Crippen molar-refractivity contribution >= 4 is 12.1 Å². The number of rotatable bonds is 5. The molecule has 1 amide bonds. The zero-order valence-electron chi connectivity index (χ0n) is 13.0. The first kappa shape index (κ1) is 17.0. The molecule has 1 aromatic carbocycles. The molecule has 0 aromatic heterocycles. The van der Waals surface area contributed by atoms with E-state index in [1.807, 2.05) is 6.92 Å². The number of aliphatic carboxylic acids is 1. The van der Waals surface area contributed by atoms with Gasteiger partial charge in [0.15, 0.2) is 5.54 Å². The summed E-state index contributed by atoms with van der Waals surface area (Å²) in [5.41, 5.74) is -1.62. The van der Waals surface area contributed by atoms with Crippen molar-refractivity contribution in [3.05, 3.63) is 35.9 Å². The van der Waals surface area contributed by atoms with E-state index in [1.165, 1.54) is 0 Å². The van der Waals surface area contributed by atoms with Gasteiger partial charge in [-0.25, -0.2) is 9.59 Å². The summed E-state index contributed by atoms with van der Waals surface area (Å²) in [5, 5.41) is 12.2. The average Bonchev–Trinajstić information content (AvgIpc) is 2.36. The van der Waals surface area contributed by atoms with Crippen LogP contribution in [0, 0.1) is 0 Å². The molecule has 0 saturated carbocycles. The van der Waals surface area contributed by atoms with Gasteiger partial charge >= 0.3 is 12.1 Å². The van der Waals surface area contributed by atoms with Crippen molar-refractivity contribution in [2.45, 2.75) is 51.7 Å². The zero-order valence-corrected chi connectivity index (χ0v) is 13.0. The van der Waals surface area contributed by atoms with Crippen molar-refractivity contribution in [3.8, 4) is 0 Å². The Labute approximate surface area is 125 Å². The lowest BCUT2D eigenvalue weighted by Gasteiger charge is -2.32. The van der Waals surface area contributed by atoms with E-state index in [9.17, 15) is 14.7 Å². The maximum Gasteiger partial charge on any atom is 0.408 e. The van der Waals surface area contributed by atoms with Crippen LogP contribution in [-0.4, -0.2) is 22.8 Å². The van der Waals surface area contributed by atoms with Crippen LogP contribution < -0.4 is 5.32 Å². The Kier molecular flexibility index (Phi) is 5.35. The molecule has 1 atom stereocenters. The van der Waals surface area contributed by atoms with Crippen LogP contribution in [0.25, 0.3) is 0 Å². The van der Waals surface area contributed by atoms with Gasteiger partial charge in [-0.3, -0.25) is 0 Å². The molecule has 116 valence electrons. The summed E-state index contributed by atoms with van der Waals surface area (Å²) < 4.78 is 5.20. The highest BCUT2D eigenvalue weighted by molar-refractivity contribution is 5.86. The summed E-state index contributed by atoms with van der Waals surface area (Å²) in [6, 6.07) is 8.69. The van der Waals surface area contributed by atoms with E-state index in [4.69, 9.17) is 4.74 Å². The van der Waals surface area contributed by atoms with Crippen LogP contribution in [0.1, 0.15) is 46.1 Å². The first-order valence-corrected chi connectivity index (χ1v) is 7.01. The molecule has 0 fully saturated rings. The normalized spacial score (nSPS) is 14.1. The van der Waals surface area contributed by atoms with Gasteiger partial charge < -0.3 is 15.2 Å². The van der Waals surface area contributed by atoms with Gasteiger partial charge in [0.05, 0.1) is 0 Å². The molecule has 0 aliphatic heterocycles. The zero-order chi connectivity index (χ0) is 16.1. The first-order valence-electron chi connectivity index (χ1n) is 7.01. The third-order valence-corrected chi connectivity index (χ3v) is 2.97. The highest BCUT2D eigenvalue weighted by Crippen LogP contribution is 2.27. The molecular weight excluding hydrogens is 270 g/mol. The molecule has 0 unspecified atom stereocenters. The van der Waals surface area contributed by atoms with Crippen molar-refractivity contribution in [1.82, 2.24) is 5.32 Å². The fourth-order valence-electron chi connectivity index (χ4n) is 2.14. The monoisotopic (exact) mass is 293 g/mol. The number of amides is 1. The molecule has 0 aliphatic carbocycles. The molecule has 5 heteroatoms. The Morgan fingerprint density at radius 2 is 1.76 bits per heavy atom. The Bertz CT molecular complexity index is 493. The third-order valence-electron chi connectivity index (χ3n) is 2.97. The molecule has 1 rings (SSSR count). The van der Waals surface area contributed by atoms with E-state index in [0.717, 1.165) is 0 Å². The standard InChI is InChI=1S/C16H23NO4/c1-5-11-16(13(18)19,12-9-7-6-8-10-12)17-14(20)21-15(2,3)4/h6-10H,5,11H2,1-4H3,(H,17,20)(H,18,19)/t16-/m0/s1. The maximum atomic E-state index is 12.0. The van der Waals surface area contributed by atoms with Gasteiger partial charge in [-0.1, -0.05) is 43.7 Å². The maximum absolute atomic E-state index is 12.0. The Morgan fingerprint density at radius 3 is 2.19 bits per heavy atom. The molecular formula is C16H23NO4. The molecule has 0 heterocycles. The average molecular weight is 293 g/mol. The predicted octanol–water partition coefficient (Wildman–Crippen LogP) is 3.29. The summed E-state index contributed by atoms with van der Waals surface area (Å²) >= 11 is 0. The van der Waals surface area contributed by atoms with E-state index >= 15 is 0 Å². The lowest BCUT2D eigenvalue weighted by molar-refractivity contribution is -0.145. The van der Waals surface area contributed by atoms with E-state index in [1.54, 1.807) is 51.1 Å². The first-order chi connectivity index (χ1) is 9.71. The lowest BCUT2D eigenvalue weighted by Crippen LogP contribution is -2.53. The van der Waals surface area contributed by atoms with Crippen LogP contribution in [0.15, 0.2) is 30.3 Å². The topological polar surface area (TPSA) is 75.6 Å². The quantitative estimate of drug-likeness (QED) is 0.873. The van der Waals surface area contributed by atoms with Crippen molar-refractivity contribution in [1.29, 1.82) is 0 Å². The van der Waals surface area contributed by atoms with Crippen molar-refractivity contribution in [2.24, 2.45) is 0 Å². The Balaban J connectivity index is 3.14. The van der Waals surface area contributed by atoms with Crippen LogP contribution in [0.5, 0.6) is 0 Å². The second-order valence-electron chi connectivity index (χ2n) is 5.95. The number of benzene rings is 1. The number of carbonyl (C=O) groups is 2. The molecule has 5 nitrogen and oxygen atoms in total. The summed E-state index contributed by atoms with van der Waals surface area (Å²) in [5.74, 6) is -1.10. The highest BCUT2D eigenvalue weighted by Gasteiger charge is 2.42. The molecule has 0 saturated heterocycles. The summed E-state index contributed by atoms with van der Waals surface area (Å²) in [6.07, 6.45) is 0.157. The summed E-state index contributed by atoms with van der Waals surface area (Å²) in [4.78, 5) is 23.9. The number of carbonyl (C=O) groups excluding carboxylic acids is 1. The number of carboxylic acids is 1. The van der Waals surface area contributed by atoms with Crippen LogP contribution in [0.3, 0.4) is 0 Å². The summed E-state index contributed by atoms with van der Waals surface area (Å²) in [6.45, 7) is 7.07. The molecule has 21 heavy (non-hydrogen) atoms. The van der Waals surface area contributed by atoms with Gasteiger partial charge in [-0.05, 0) is 32.8 Å². The minimum absolute atomic E-state index is 0.283. The van der Waals surface area contributed by atoms with Gasteiger partial charge in [-0.15, -0.1) is 0 Å². The third kappa shape index (κ3) is 4.48. The number of alkyl carbamates (subject to hydrolysis) is 1. The number of carboxylic acid groups (broad SMARTS) is 1. The second kappa shape index (κ2) is 6.61. The highest BCUT2D eigenvalue weighted by atomic mass is 16.6. The second-order valence-corrected chi connectivity index (χ2v) is 5.95. The largest absolute Gasteiger partial charge is 0.479 e. The van der Waals surface area contributed by atoms with E-state index < -0.39 is 23.2 Å². The fraction of sp³-hybridized carbons (Fsp3) is 0.500. The van der Waals surface area contributed by atoms with Gasteiger partial charge in [-0.2, -0.15) is 0 Å². The van der Waals surface area contributed by atoms with Crippen LogP contribution in [-0.2, 0) is 15.1 Å². The van der Waals surface area contributed by atoms with Crippen LogP contribution >= 0.6 is 0 Å². The molecule has 1 aromatic rings. The van der Waals surface area contributed by atoms with Crippen molar-refractivity contribution < 1.29 is 19.4 Å². The Morgan fingerprint density at radius 1 is 1.19 bits per heavy atom. The number of ether oxygens (including phenoxy) is 1. The van der Waals surface area contributed by atoms with E-state index in [2.05, 4.69) is 5.32 Å². The van der Waals surface area contributed by atoms with Crippen LogP contribution in [0.4, 0.5) is 4.79 Å². The van der Waals surface area contributed by atoms with Crippen molar-refractivity contribution in [3.63, 3.8) is 0 Å². The smallest absolute Gasteiger partial charge is 0.408 e. The molecule has 0 radical (unpaired) electrons. The minimum Gasteiger partial charge on any atom is -0.479 e. The van der Waals surface area contributed by atoms with Gasteiger partial charge in [0, 0.05) is 0 Å². The predicted molar refractivity (Wildman–Crippen MR) is 80.0 cm³/mol.